The lowest BCUT2D eigenvalue weighted by Crippen LogP contribution is -2.19. The summed E-state index contributed by atoms with van der Waals surface area (Å²) in [6.45, 7) is 8.63. The minimum atomic E-state index is 0.122. The van der Waals surface area contributed by atoms with E-state index in [-0.39, 0.29) is 11.5 Å². The smallest absolute Gasteiger partial charge is 0.0947 e. The van der Waals surface area contributed by atoms with Crippen LogP contribution >= 0.6 is 11.3 Å². The fraction of sp³-hybridized carbons (Fsp3) is 0.500. The van der Waals surface area contributed by atoms with Gasteiger partial charge in [-0.25, -0.2) is 4.98 Å². The van der Waals surface area contributed by atoms with Gasteiger partial charge >= 0.3 is 0 Å². The summed E-state index contributed by atoms with van der Waals surface area (Å²) in [6, 6.07) is 4.50. The van der Waals surface area contributed by atoms with Gasteiger partial charge in [0.1, 0.15) is 0 Å². The Labute approximate surface area is 125 Å². The molecule has 4 heteroatoms. The first-order valence-electron chi connectivity index (χ1n) is 6.95. The SMILES string of the molecule is CNC(Cc1nc(C(C)(C)C)cs1)c1ccnc(C)c1. The summed E-state index contributed by atoms with van der Waals surface area (Å²) in [6.07, 6.45) is 2.79. The quantitative estimate of drug-likeness (QED) is 0.933. The van der Waals surface area contributed by atoms with Crippen LogP contribution in [0.1, 0.15) is 48.8 Å². The van der Waals surface area contributed by atoms with Gasteiger partial charge in [-0.2, -0.15) is 0 Å². The lowest BCUT2D eigenvalue weighted by atomic mass is 9.93. The molecule has 0 spiro atoms. The number of nitrogens with one attached hydrogen (secondary N) is 1. The molecule has 2 aromatic rings. The van der Waals surface area contributed by atoms with Crippen LogP contribution in [0.5, 0.6) is 0 Å². The van der Waals surface area contributed by atoms with Gasteiger partial charge in [0.25, 0.3) is 0 Å². The predicted octanol–water partition coefficient (Wildman–Crippen LogP) is 3.65. The monoisotopic (exact) mass is 289 g/mol. The van der Waals surface area contributed by atoms with Crippen LogP contribution in [0.4, 0.5) is 0 Å². The van der Waals surface area contributed by atoms with Crippen LogP contribution in [0.15, 0.2) is 23.7 Å². The third-order valence-electron chi connectivity index (χ3n) is 3.37. The number of hydrogen-bond acceptors (Lipinski definition) is 4. The van der Waals surface area contributed by atoms with Gasteiger partial charge in [0, 0.05) is 35.1 Å². The molecule has 2 aromatic heterocycles. The fourth-order valence-corrected chi connectivity index (χ4v) is 3.16. The molecular formula is C16H23N3S. The molecule has 1 N–H and O–H groups in total. The Bertz CT molecular complexity index is 569. The van der Waals surface area contributed by atoms with Crippen LogP contribution in [-0.2, 0) is 11.8 Å². The van der Waals surface area contributed by atoms with Crippen molar-refractivity contribution < 1.29 is 0 Å². The van der Waals surface area contributed by atoms with E-state index in [9.17, 15) is 0 Å². The summed E-state index contributed by atoms with van der Waals surface area (Å²) in [5.41, 5.74) is 3.62. The highest BCUT2D eigenvalue weighted by Crippen LogP contribution is 2.26. The van der Waals surface area contributed by atoms with E-state index >= 15 is 0 Å². The maximum absolute atomic E-state index is 4.78. The maximum Gasteiger partial charge on any atom is 0.0947 e. The minimum absolute atomic E-state index is 0.122. The second kappa shape index (κ2) is 6.02. The van der Waals surface area contributed by atoms with E-state index in [0.717, 1.165) is 12.1 Å². The number of pyridine rings is 1. The zero-order chi connectivity index (χ0) is 14.8. The van der Waals surface area contributed by atoms with Gasteiger partial charge in [-0.05, 0) is 31.7 Å². The summed E-state index contributed by atoms with van der Waals surface area (Å²) in [5.74, 6) is 0. The van der Waals surface area contributed by atoms with Gasteiger partial charge in [-0.15, -0.1) is 11.3 Å². The van der Waals surface area contributed by atoms with Gasteiger partial charge in [0.05, 0.1) is 10.7 Å². The second-order valence-electron chi connectivity index (χ2n) is 6.15. The molecule has 3 nitrogen and oxygen atoms in total. The summed E-state index contributed by atoms with van der Waals surface area (Å²) in [4.78, 5) is 9.04. The molecule has 0 saturated carbocycles. The zero-order valence-electron chi connectivity index (χ0n) is 12.9. The van der Waals surface area contributed by atoms with Crippen LogP contribution in [0, 0.1) is 6.92 Å². The van der Waals surface area contributed by atoms with Crippen molar-refractivity contribution in [2.45, 2.75) is 45.6 Å². The van der Waals surface area contributed by atoms with Gasteiger partial charge < -0.3 is 5.32 Å². The molecule has 0 saturated heterocycles. The Morgan fingerprint density at radius 1 is 1.35 bits per heavy atom. The largest absolute Gasteiger partial charge is 0.313 e. The third-order valence-corrected chi connectivity index (χ3v) is 4.24. The number of hydrogen-bond donors (Lipinski definition) is 1. The average Bonchev–Trinajstić information content (AvgIpc) is 2.84. The van der Waals surface area contributed by atoms with Crippen LogP contribution in [0.25, 0.3) is 0 Å². The molecule has 0 aromatic carbocycles. The molecule has 2 rings (SSSR count). The Morgan fingerprint density at radius 2 is 2.10 bits per heavy atom. The van der Waals surface area contributed by atoms with E-state index in [0.29, 0.717) is 0 Å². The molecule has 20 heavy (non-hydrogen) atoms. The lowest BCUT2D eigenvalue weighted by Gasteiger charge is -2.16. The number of likely N-dealkylation sites (N-methyl/N-ethyl adjacent to an activating group) is 1. The topological polar surface area (TPSA) is 37.8 Å². The van der Waals surface area contributed by atoms with Crippen molar-refractivity contribution in [1.29, 1.82) is 0 Å². The Hall–Kier alpha value is -1.26. The minimum Gasteiger partial charge on any atom is -0.313 e. The van der Waals surface area contributed by atoms with E-state index < -0.39 is 0 Å². The fourth-order valence-electron chi connectivity index (χ4n) is 2.09. The zero-order valence-corrected chi connectivity index (χ0v) is 13.7. The highest BCUT2D eigenvalue weighted by molar-refractivity contribution is 7.09. The van der Waals surface area contributed by atoms with Crippen molar-refractivity contribution in [2.24, 2.45) is 0 Å². The van der Waals surface area contributed by atoms with Gasteiger partial charge in [-0.1, -0.05) is 20.8 Å². The average molecular weight is 289 g/mol. The summed E-state index contributed by atoms with van der Waals surface area (Å²) < 4.78 is 0. The number of nitrogens with zero attached hydrogens (tertiary/aromatic N) is 2. The molecule has 1 unspecified atom stereocenters. The van der Waals surface area contributed by atoms with Gasteiger partial charge in [0.2, 0.25) is 0 Å². The van der Waals surface area contributed by atoms with E-state index in [4.69, 9.17) is 4.98 Å². The van der Waals surface area contributed by atoms with Crippen molar-refractivity contribution in [3.05, 3.63) is 45.7 Å². The first-order valence-corrected chi connectivity index (χ1v) is 7.83. The van der Waals surface area contributed by atoms with E-state index in [2.05, 4.69) is 48.6 Å². The van der Waals surface area contributed by atoms with Gasteiger partial charge in [0.15, 0.2) is 0 Å². The van der Waals surface area contributed by atoms with Gasteiger partial charge in [-0.3, -0.25) is 4.98 Å². The van der Waals surface area contributed by atoms with Crippen molar-refractivity contribution in [1.82, 2.24) is 15.3 Å². The van der Waals surface area contributed by atoms with Crippen LogP contribution in [0.3, 0.4) is 0 Å². The van der Waals surface area contributed by atoms with Crippen LogP contribution < -0.4 is 5.32 Å². The number of thiazole rings is 1. The van der Waals surface area contributed by atoms with Crippen molar-refractivity contribution in [3.63, 3.8) is 0 Å². The molecule has 108 valence electrons. The molecule has 1 atom stereocenters. The first kappa shape index (κ1) is 15.1. The number of aromatic nitrogens is 2. The molecule has 0 amide bonds. The van der Waals surface area contributed by atoms with Crippen molar-refractivity contribution in [2.75, 3.05) is 7.05 Å². The summed E-state index contributed by atoms with van der Waals surface area (Å²) in [7, 11) is 2.00. The maximum atomic E-state index is 4.78. The Kier molecular flexibility index (Phi) is 4.55. The normalized spacial score (nSPS) is 13.4. The van der Waals surface area contributed by atoms with E-state index in [1.54, 1.807) is 11.3 Å². The molecule has 0 bridgehead atoms. The molecule has 0 radical (unpaired) electrons. The van der Waals surface area contributed by atoms with Crippen molar-refractivity contribution in [3.8, 4) is 0 Å². The third kappa shape index (κ3) is 3.64. The van der Waals surface area contributed by atoms with Crippen LogP contribution in [-0.4, -0.2) is 17.0 Å². The Balaban J connectivity index is 2.16. The Morgan fingerprint density at radius 3 is 2.65 bits per heavy atom. The molecular weight excluding hydrogens is 266 g/mol. The number of aryl methyl sites for hydroxylation is 1. The van der Waals surface area contributed by atoms with E-state index in [1.807, 2.05) is 20.2 Å². The highest BCUT2D eigenvalue weighted by atomic mass is 32.1. The standard InChI is InChI=1S/C16H23N3S/c1-11-8-12(6-7-18-11)13(17-5)9-15-19-14(10-20-15)16(2,3)4/h6-8,10,13,17H,9H2,1-5H3. The number of rotatable bonds is 4. The molecule has 0 aliphatic carbocycles. The van der Waals surface area contributed by atoms with E-state index in [1.165, 1.54) is 16.3 Å². The molecule has 0 aliphatic rings. The highest BCUT2D eigenvalue weighted by Gasteiger charge is 2.19. The lowest BCUT2D eigenvalue weighted by molar-refractivity contribution is 0.560. The van der Waals surface area contributed by atoms with Crippen molar-refractivity contribution >= 4 is 11.3 Å². The molecule has 0 fully saturated rings. The van der Waals surface area contributed by atoms with Crippen LogP contribution in [0.2, 0.25) is 0 Å². The summed E-state index contributed by atoms with van der Waals surface area (Å²) in [5, 5.41) is 6.75. The summed E-state index contributed by atoms with van der Waals surface area (Å²) >= 11 is 1.75. The second-order valence-corrected chi connectivity index (χ2v) is 7.10. The molecule has 0 aliphatic heterocycles. The first-order chi connectivity index (χ1) is 9.40. The predicted molar refractivity (Wildman–Crippen MR) is 85.3 cm³/mol. The molecule has 2 heterocycles.